The Balaban J connectivity index is 2.08. The normalized spacial score (nSPS) is 35.6. The van der Waals surface area contributed by atoms with E-state index < -0.39 is 9.84 Å². The van der Waals surface area contributed by atoms with Crippen LogP contribution in [0.3, 0.4) is 0 Å². The van der Waals surface area contributed by atoms with Gasteiger partial charge in [-0.2, -0.15) is 11.8 Å². The summed E-state index contributed by atoms with van der Waals surface area (Å²) in [6.45, 7) is 2.60. The lowest BCUT2D eigenvalue weighted by Crippen LogP contribution is -2.53. The minimum Gasteiger partial charge on any atom is -0.393 e. The molecule has 1 aliphatic heterocycles. The first kappa shape index (κ1) is 14.6. The number of hydrogen-bond acceptors (Lipinski definition) is 5. The first-order valence-electron chi connectivity index (χ1n) is 6.77. The van der Waals surface area contributed by atoms with Crippen molar-refractivity contribution in [3.63, 3.8) is 0 Å². The highest BCUT2D eigenvalue weighted by molar-refractivity contribution is 8.01. The molecule has 6 heteroatoms. The van der Waals surface area contributed by atoms with Gasteiger partial charge in [-0.3, -0.25) is 4.90 Å². The minimum absolute atomic E-state index is 0.179. The van der Waals surface area contributed by atoms with Crippen molar-refractivity contribution in [2.24, 2.45) is 0 Å². The average Bonchev–Trinajstić information content (AvgIpc) is 2.40. The van der Waals surface area contributed by atoms with Crippen LogP contribution >= 0.6 is 11.8 Å². The lowest BCUT2D eigenvalue weighted by atomic mass is 9.92. The fourth-order valence-corrected chi connectivity index (χ4v) is 6.00. The molecule has 1 N–H and O–H groups in total. The average molecular weight is 293 g/mol. The standard InChI is InChI=1S/C12H23NO3S2/c1-2-18(15,16)12-9-17-8-7-13(12)10-3-5-11(14)6-4-10/h10-12,14H,2-9H2,1H3. The molecule has 106 valence electrons. The van der Waals surface area contributed by atoms with Gasteiger partial charge in [-0.25, -0.2) is 8.42 Å². The van der Waals surface area contributed by atoms with Crippen molar-refractivity contribution in [2.75, 3.05) is 23.8 Å². The molecule has 0 spiro atoms. The van der Waals surface area contributed by atoms with Crippen molar-refractivity contribution in [3.05, 3.63) is 0 Å². The fraction of sp³-hybridized carbons (Fsp3) is 1.00. The molecule has 0 radical (unpaired) electrons. The number of rotatable bonds is 3. The van der Waals surface area contributed by atoms with Crippen LogP contribution in [0.1, 0.15) is 32.6 Å². The second-order valence-electron chi connectivity index (χ2n) is 5.18. The smallest absolute Gasteiger partial charge is 0.166 e. The van der Waals surface area contributed by atoms with Crippen LogP contribution in [0.5, 0.6) is 0 Å². The van der Waals surface area contributed by atoms with E-state index in [1.807, 2.05) is 0 Å². The van der Waals surface area contributed by atoms with Gasteiger partial charge >= 0.3 is 0 Å². The number of nitrogens with zero attached hydrogens (tertiary/aromatic N) is 1. The summed E-state index contributed by atoms with van der Waals surface area (Å²) in [4.78, 5) is 2.20. The number of hydrogen-bond donors (Lipinski definition) is 1. The molecule has 0 bridgehead atoms. The Morgan fingerprint density at radius 1 is 1.28 bits per heavy atom. The fourth-order valence-electron chi connectivity index (χ4n) is 2.90. The second kappa shape index (κ2) is 6.11. The molecule has 0 aromatic rings. The van der Waals surface area contributed by atoms with Crippen molar-refractivity contribution < 1.29 is 13.5 Å². The van der Waals surface area contributed by atoms with Crippen molar-refractivity contribution in [1.82, 2.24) is 4.90 Å². The molecule has 0 amide bonds. The number of thioether (sulfide) groups is 1. The van der Waals surface area contributed by atoms with Gasteiger partial charge in [0.1, 0.15) is 5.37 Å². The Kier molecular flexibility index (Phi) is 4.97. The Morgan fingerprint density at radius 3 is 2.56 bits per heavy atom. The van der Waals surface area contributed by atoms with Gasteiger partial charge in [0.05, 0.1) is 6.10 Å². The van der Waals surface area contributed by atoms with Crippen LogP contribution in [0.2, 0.25) is 0 Å². The predicted molar refractivity (Wildman–Crippen MR) is 75.5 cm³/mol. The second-order valence-corrected chi connectivity index (χ2v) is 8.78. The number of aliphatic hydroxyl groups is 1. The van der Waals surface area contributed by atoms with Gasteiger partial charge in [-0.1, -0.05) is 6.92 Å². The molecule has 1 atom stereocenters. The molecule has 2 aliphatic rings. The van der Waals surface area contributed by atoms with Gasteiger partial charge in [0.15, 0.2) is 9.84 Å². The largest absolute Gasteiger partial charge is 0.393 e. The van der Waals surface area contributed by atoms with Crippen LogP contribution in [0.4, 0.5) is 0 Å². The van der Waals surface area contributed by atoms with E-state index in [9.17, 15) is 13.5 Å². The van der Waals surface area contributed by atoms with Crippen LogP contribution < -0.4 is 0 Å². The summed E-state index contributed by atoms with van der Waals surface area (Å²) >= 11 is 1.74. The minimum atomic E-state index is -2.99. The van der Waals surface area contributed by atoms with Crippen LogP contribution in [-0.2, 0) is 9.84 Å². The van der Waals surface area contributed by atoms with Crippen molar-refractivity contribution in [2.45, 2.75) is 50.1 Å². The summed E-state index contributed by atoms with van der Waals surface area (Å²) in [6.07, 6.45) is 3.31. The van der Waals surface area contributed by atoms with E-state index in [1.54, 1.807) is 18.7 Å². The van der Waals surface area contributed by atoms with Crippen molar-refractivity contribution >= 4 is 21.6 Å². The predicted octanol–water partition coefficient (Wildman–Crippen LogP) is 1.10. The Bertz CT molecular complexity index is 364. The molecule has 0 aromatic heterocycles. The first-order valence-corrected chi connectivity index (χ1v) is 9.64. The maximum absolute atomic E-state index is 12.2. The quantitative estimate of drug-likeness (QED) is 0.844. The molecule has 1 heterocycles. The van der Waals surface area contributed by atoms with E-state index >= 15 is 0 Å². The van der Waals surface area contributed by atoms with Crippen molar-refractivity contribution in [1.29, 1.82) is 0 Å². The van der Waals surface area contributed by atoms with Crippen LogP contribution in [0, 0.1) is 0 Å². The van der Waals surface area contributed by atoms with E-state index in [-0.39, 0.29) is 17.2 Å². The summed E-state index contributed by atoms with van der Waals surface area (Å²) in [5.41, 5.74) is 0. The Labute approximate surface area is 114 Å². The zero-order valence-electron chi connectivity index (χ0n) is 10.9. The van der Waals surface area contributed by atoms with Gasteiger partial charge in [0.2, 0.25) is 0 Å². The van der Waals surface area contributed by atoms with E-state index in [0.29, 0.717) is 11.8 Å². The topological polar surface area (TPSA) is 57.6 Å². The highest BCUT2D eigenvalue weighted by atomic mass is 32.2. The lowest BCUT2D eigenvalue weighted by Gasteiger charge is -2.42. The zero-order valence-corrected chi connectivity index (χ0v) is 12.5. The molecule has 18 heavy (non-hydrogen) atoms. The van der Waals surface area contributed by atoms with Crippen LogP contribution in [0.25, 0.3) is 0 Å². The SMILES string of the molecule is CCS(=O)(=O)C1CSCCN1C1CCC(O)CC1. The summed E-state index contributed by atoms with van der Waals surface area (Å²) in [5, 5.41) is 9.25. The first-order chi connectivity index (χ1) is 8.54. The highest BCUT2D eigenvalue weighted by Crippen LogP contribution is 2.30. The van der Waals surface area contributed by atoms with E-state index in [0.717, 1.165) is 38.0 Å². The zero-order chi connectivity index (χ0) is 13.2. The van der Waals surface area contributed by atoms with Gasteiger partial charge in [0.25, 0.3) is 0 Å². The van der Waals surface area contributed by atoms with E-state index in [4.69, 9.17) is 0 Å². The van der Waals surface area contributed by atoms with Crippen molar-refractivity contribution in [3.8, 4) is 0 Å². The summed E-state index contributed by atoms with van der Waals surface area (Å²) in [6, 6.07) is 0.348. The van der Waals surface area contributed by atoms with E-state index in [2.05, 4.69) is 4.90 Å². The monoisotopic (exact) mass is 293 g/mol. The molecule has 1 aliphatic carbocycles. The molecule has 1 saturated carbocycles. The molecular weight excluding hydrogens is 270 g/mol. The lowest BCUT2D eigenvalue weighted by molar-refractivity contribution is 0.0720. The molecule has 1 saturated heterocycles. The maximum atomic E-state index is 12.2. The summed E-state index contributed by atoms with van der Waals surface area (Å²) < 4.78 is 24.3. The molecule has 0 aromatic carbocycles. The van der Waals surface area contributed by atoms with Crippen LogP contribution in [0.15, 0.2) is 0 Å². The summed E-state index contributed by atoms with van der Waals surface area (Å²) in [7, 11) is -2.99. The third-order valence-electron chi connectivity index (χ3n) is 4.08. The third-order valence-corrected chi connectivity index (χ3v) is 7.38. The summed E-state index contributed by atoms with van der Waals surface area (Å²) in [5.74, 6) is 1.95. The highest BCUT2D eigenvalue weighted by Gasteiger charge is 2.37. The van der Waals surface area contributed by atoms with Gasteiger partial charge in [0, 0.05) is 29.8 Å². The third kappa shape index (κ3) is 3.21. The number of sulfone groups is 1. The maximum Gasteiger partial charge on any atom is 0.166 e. The molecule has 2 rings (SSSR count). The van der Waals surface area contributed by atoms with E-state index in [1.165, 1.54) is 0 Å². The van der Waals surface area contributed by atoms with Gasteiger partial charge < -0.3 is 5.11 Å². The Hall–Kier alpha value is 0.220. The molecule has 1 unspecified atom stereocenters. The van der Waals surface area contributed by atoms with Crippen LogP contribution in [-0.4, -0.2) is 59.7 Å². The van der Waals surface area contributed by atoms with Gasteiger partial charge in [-0.05, 0) is 25.7 Å². The molecule has 4 nitrogen and oxygen atoms in total. The molecular formula is C12H23NO3S2. The molecule has 2 fully saturated rings. The number of aliphatic hydroxyl groups excluding tert-OH is 1. The van der Waals surface area contributed by atoms with Gasteiger partial charge in [-0.15, -0.1) is 0 Å². The Morgan fingerprint density at radius 2 is 1.94 bits per heavy atom.